The molecular weight excluding hydrogens is 460 g/mol. The second-order valence-corrected chi connectivity index (χ2v) is 8.89. The second-order valence-electron chi connectivity index (χ2n) is 8.89. The standard InChI is InChI=1S/C25H23F2N3O5/c26-17-7-6-16(18(27)10-17)12-28-24(34)25(11-15-4-2-1-3-5-15)14-29-13-19-30(8-9-35-19)23(33)20(29)21(31)22(25)32/h1-7,10,19,31H,8-9,11-14H2,(H,28,34)/t19-,25?/m1/s1. The van der Waals surface area contributed by atoms with Crippen molar-refractivity contribution < 1.29 is 33.0 Å². The van der Waals surface area contributed by atoms with Crippen LogP contribution >= 0.6 is 0 Å². The van der Waals surface area contributed by atoms with Crippen molar-refractivity contribution in [1.82, 2.24) is 15.1 Å². The van der Waals surface area contributed by atoms with Crippen molar-refractivity contribution in [2.24, 2.45) is 5.41 Å². The highest BCUT2D eigenvalue weighted by molar-refractivity contribution is 6.17. The fraction of sp³-hybridized carbons (Fsp3) is 0.320. The van der Waals surface area contributed by atoms with Gasteiger partial charge in [0, 0.05) is 31.3 Å². The van der Waals surface area contributed by atoms with E-state index in [-0.39, 0.29) is 37.3 Å². The Morgan fingerprint density at radius 2 is 1.94 bits per heavy atom. The Bertz CT molecular complexity index is 1230. The van der Waals surface area contributed by atoms with Crippen LogP contribution < -0.4 is 5.32 Å². The monoisotopic (exact) mass is 483 g/mol. The zero-order valence-electron chi connectivity index (χ0n) is 18.7. The molecule has 2 aromatic rings. The van der Waals surface area contributed by atoms with Crippen LogP contribution in [0, 0.1) is 17.0 Å². The Kier molecular flexibility index (Phi) is 5.76. The van der Waals surface area contributed by atoms with Crippen LogP contribution in [-0.2, 0) is 32.1 Å². The fourth-order valence-electron chi connectivity index (χ4n) is 4.93. The number of hydrogen-bond acceptors (Lipinski definition) is 6. The van der Waals surface area contributed by atoms with Crippen molar-refractivity contribution in [2.45, 2.75) is 19.2 Å². The number of allylic oxidation sites excluding steroid dienone is 1. The van der Waals surface area contributed by atoms with E-state index in [2.05, 4.69) is 5.32 Å². The molecule has 0 saturated carbocycles. The molecule has 5 rings (SSSR count). The quantitative estimate of drug-likeness (QED) is 0.628. The van der Waals surface area contributed by atoms with E-state index >= 15 is 0 Å². The van der Waals surface area contributed by atoms with Crippen molar-refractivity contribution >= 4 is 17.6 Å². The number of ketones is 1. The predicted molar refractivity (Wildman–Crippen MR) is 118 cm³/mol. The van der Waals surface area contributed by atoms with Gasteiger partial charge < -0.3 is 25.0 Å². The minimum Gasteiger partial charge on any atom is -0.503 e. The van der Waals surface area contributed by atoms with E-state index in [0.29, 0.717) is 24.8 Å². The van der Waals surface area contributed by atoms with Gasteiger partial charge in [0.2, 0.25) is 11.7 Å². The summed E-state index contributed by atoms with van der Waals surface area (Å²) in [6.07, 6.45) is -0.597. The van der Waals surface area contributed by atoms with Gasteiger partial charge in [0.05, 0.1) is 13.2 Å². The van der Waals surface area contributed by atoms with Gasteiger partial charge in [-0.15, -0.1) is 0 Å². The number of carbonyl (C=O) groups excluding carboxylic acids is 3. The number of carbonyl (C=O) groups is 3. The first-order valence-electron chi connectivity index (χ1n) is 11.2. The molecule has 2 N–H and O–H groups in total. The van der Waals surface area contributed by atoms with E-state index < -0.39 is 46.6 Å². The number of piperazine rings is 1. The zero-order chi connectivity index (χ0) is 24.7. The topological polar surface area (TPSA) is 99.2 Å². The van der Waals surface area contributed by atoms with Gasteiger partial charge in [-0.05, 0) is 18.1 Å². The minimum atomic E-state index is -1.79. The predicted octanol–water partition coefficient (Wildman–Crippen LogP) is 1.66. The molecular formula is C25H23F2N3O5. The molecule has 2 amide bonds. The number of halogens is 2. The van der Waals surface area contributed by atoms with Crippen LogP contribution in [0.3, 0.4) is 0 Å². The molecule has 0 aliphatic carbocycles. The number of aliphatic hydroxyl groups excluding tert-OH is 1. The van der Waals surface area contributed by atoms with Crippen LogP contribution in [0.15, 0.2) is 60.0 Å². The van der Waals surface area contributed by atoms with E-state index in [9.17, 15) is 28.3 Å². The molecule has 0 radical (unpaired) electrons. The van der Waals surface area contributed by atoms with Gasteiger partial charge in [-0.1, -0.05) is 36.4 Å². The van der Waals surface area contributed by atoms with Gasteiger partial charge in [0.15, 0.2) is 5.76 Å². The summed E-state index contributed by atoms with van der Waals surface area (Å²) >= 11 is 0. The third kappa shape index (κ3) is 3.93. The number of rotatable bonds is 5. The first kappa shape index (κ1) is 23.0. The van der Waals surface area contributed by atoms with Crippen molar-refractivity contribution in [3.63, 3.8) is 0 Å². The number of benzene rings is 2. The highest BCUT2D eigenvalue weighted by Gasteiger charge is 2.56. The molecule has 2 fully saturated rings. The molecule has 0 bridgehead atoms. The molecule has 3 aliphatic heterocycles. The zero-order valence-corrected chi connectivity index (χ0v) is 18.7. The third-order valence-corrected chi connectivity index (χ3v) is 6.72. The molecule has 8 nitrogen and oxygen atoms in total. The second kappa shape index (κ2) is 8.77. The maximum absolute atomic E-state index is 14.1. The lowest BCUT2D eigenvalue weighted by molar-refractivity contribution is -0.152. The summed E-state index contributed by atoms with van der Waals surface area (Å²) in [4.78, 5) is 43.1. The molecule has 0 aromatic heterocycles. The molecule has 182 valence electrons. The Labute approximate surface area is 199 Å². The van der Waals surface area contributed by atoms with Crippen molar-refractivity contribution in [3.8, 4) is 0 Å². The number of fused-ring (bicyclic) bond motifs is 2. The SMILES string of the molecule is O=C1C2=C(O)C(=O)C(Cc3ccccc3)(C(=O)NCc3ccc(F)cc3F)CN2C[C@H]2OCCN12. The number of amides is 2. The van der Waals surface area contributed by atoms with E-state index in [1.807, 2.05) is 0 Å². The summed E-state index contributed by atoms with van der Waals surface area (Å²) in [5.41, 5.74) is -1.21. The van der Waals surface area contributed by atoms with Gasteiger partial charge >= 0.3 is 0 Å². The summed E-state index contributed by atoms with van der Waals surface area (Å²) in [6.45, 7) is 0.420. The first-order valence-corrected chi connectivity index (χ1v) is 11.2. The summed E-state index contributed by atoms with van der Waals surface area (Å²) in [5, 5.41) is 13.5. The first-order chi connectivity index (χ1) is 16.8. The average molecular weight is 483 g/mol. The maximum atomic E-state index is 14.1. The lowest BCUT2D eigenvalue weighted by Crippen LogP contribution is -2.63. The number of nitrogens with one attached hydrogen (secondary N) is 1. The molecule has 10 heteroatoms. The maximum Gasteiger partial charge on any atom is 0.276 e. The Hall–Kier alpha value is -3.79. The number of nitrogens with zero attached hydrogens (tertiary/aromatic N) is 2. The normalized spacial score (nSPS) is 23.9. The Morgan fingerprint density at radius 1 is 1.17 bits per heavy atom. The molecule has 35 heavy (non-hydrogen) atoms. The van der Waals surface area contributed by atoms with Gasteiger partial charge in [0.25, 0.3) is 5.91 Å². The molecule has 2 saturated heterocycles. The highest BCUT2D eigenvalue weighted by Crippen LogP contribution is 2.39. The summed E-state index contributed by atoms with van der Waals surface area (Å²) in [6, 6.07) is 11.8. The lowest BCUT2D eigenvalue weighted by Gasteiger charge is -2.46. The number of Topliss-reactive ketones (excluding diaryl/α,β-unsaturated/α-hetero) is 1. The van der Waals surface area contributed by atoms with Gasteiger partial charge in [-0.2, -0.15) is 0 Å². The van der Waals surface area contributed by atoms with Crippen LogP contribution in [0.1, 0.15) is 11.1 Å². The molecule has 1 unspecified atom stereocenters. The number of aliphatic hydroxyl groups is 1. The lowest BCUT2D eigenvalue weighted by atomic mass is 9.72. The molecule has 3 heterocycles. The van der Waals surface area contributed by atoms with Gasteiger partial charge in [-0.3, -0.25) is 14.4 Å². The highest BCUT2D eigenvalue weighted by atomic mass is 19.1. The smallest absolute Gasteiger partial charge is 0.276 e. The fourth-order valence-corrected chi connectivity index (χ4v) is 4.93. The summed E-state index contributed by atoms with van der Waals surface area (Å²) in [7, 11) is 0. The van der Waals surface area contributed by atoms with Crippen LogP contribution in [0.4, 0.5) is 8.78 Å². The summed E-state index contributed by atoms with van der Waals surface area (Å²) < 4.78 is 33.0. The van der Waals surface area contributed by atoms with E-state index in [1.54, 1.807) is 30.3 Å². The molecule has 3 aliphatic rings. The van der Waals surface area contributed by atoms with E-state index in [1.165, 1.54) is 15.9 Å². The van der Waals surface area contributed by atoms with Crippen molar-refractivity contribution in [1.29, 1.82) is 0 Å². The van der Waals surface area contributed by atoms with Crippen LogP contribution in [0.2, 0.25) is 0 Å². The molecule has 2 atom stereocenters. The number of ether oxygens (including phenoxy) is 1. The number of hydrogen-bond donors (Lipinski definition) is 2. The van der Waals surface area contributed by atoms with Crippen molar-refractivity contribution in [2.75, 3.05) is 26.2 Å². The average Bonchev–Trinajstić information content (AvgIpc) is 3.31. The van der Waals surface area contributed by atoms with E-state index in [0.717, 1.165) is 6.07 Å². The molecule has 0 spiro atoms. The van der Waals surface area contributed by atoms with Gasteiger partial charge in [0.1, 0.15) is 29.0 Å². The van der Waals surface area contributed by atoms with E-state index in [4.69, 9.17) is 4.74 Å². The molecule has 2 aromatic carbocycles. The van der Waals surface area contributed by atoms with Crippen LogP contribution in [0.5, 0.6) is 0 Å². The Morgan fingerprint density at radius 3 is 2.69 bits per heavy atom. The Balaban J connectivity index is 1.50. The van der Waals surface area contributed by atoms with Gasteiger partial charge in [-0.25, -0.2) is 8.78 Å². The minimum absolute atomic E-state index is 0.0430. The largest absolute Gasteiger partial charge is 0.503 e. The third-order valence-electron chi connectivity index (χ3n) is 6.72. The van der Waals surface area contributed by atoms with Crippen LogP contribution in [-0.4, -0.2) is 65.0 Å². The van der Waals surface area contributed by atoms with Crippen LogP contribution in [0.25, 0.3) is 0 Å². The van der Waals surface area contributed by atoms with Crippen molar-refractivity contribution in [3.05, 3.63) is 82.7 Å². The summed E-state index contributed by atoms with van der Waals surface area (Å²) in [5.74, 6) is -4.49.